The Balaban J connectivity index is 2.06. The number of hydrogen-bond donors (Lipinski definition) is 2. The molecule has 0 saturated carbocycles. The lowest BCUT2D eigenvalue weighted by atomic mass is 10.2. The number of hydrogen-bond acceptors (Lipinski definition) is 3. The second kappa shape index (κ2) is 6.54. The summed E-state index contributed by atoms with van der Waals surface area (Å²) in [5.41, 5.74) is 0.914. The largest absolute Gasteiger partial charge is 0.451 e. The first-order chi connectivity index (χ1) is 9.20. The van der Waals surface area contributed by atoms with E-state index in [-0.39, 0.29) is 18.3 Å². The summed E-state index contributed by atoms with van der Waals surface area (Å²) < 4.78 is 6.50. The van der Waals surface area contributed by atoms with Crippen molar-refractivity contribution in [3.8, 4) is 11.3 Å². The molecule has 0 saturated heterocycles. The number of benzene rings is 1. The third-order valence-corrected chi connectivity index (χ3v) is 3.11. The maximum Gasteiger partial charge on any atom is 0.287 e. The molecule has 2 rings (SSSR count). The van der Waals surface area contributed by atoms with Crippen LogP contribution in [0.3, 0.4) is 0 Å². The summed E-state index contributed by atoms with van der Waals surface area (Å²) in [7, 11) is 0. The highest BCUT2D eigenvalue weighted by Gasteiger charge is 2.11. The standard InChI is InChI=1S/C14H14BrNO3/c15-11-4-2-10(3-5-11)12-6-7-13(19-12)14(18)16-8-1-9-17/h2-7,17H,1,8-9H2,(H,16,18). The highest BCUT2D eigenvalue weighted by atomic mass is 79.9. The molecule has 0 atom stereocenters. The van der Waals surface area contributed by atoms with Gasteiger partial charge in [-0.2, -0.15) is 0 Å². The zero-order valence-corrected chi connectivity index (χ0v) is 11.8. The second-order valence-electron chi connectivity index (χ2n) is 4.00. The molecule has 2 N–H and O–H groups in total. The quantitative estimate of drug-likeness (QED) is 0.832. The van der Waals surface area contributed by atoms with Crippen molar-refractivity contribution in [3.05, 3.63) is 46.6 Å². The van der Waals surface area contributed by atoms with Crippen LogP contribution in [0.4, 0.5) is 0 Å². The van der Waals surface area contributed by atoms with Gasteiger partial charge < -0.3 is 14.8 Å². The molecule has 4 nitrogen and oxygen atoms in total. The number of nitrogens with one attached hydrogen (secondary N) is 1. The number of carbonyl (C=O) groups is 1. The molecule has 1 heterocycles. The van der Waals surface area contributed by atoms with Gasteiger partial charge in [0.2, 0.25) is 0 Å². The number of furan rings is 1. The molecule has 0 aliphatic carbocycles. The van der Waals surface area contributed by atoms with Gasteiger partial charge in [0.25, 0.3) is 5.91 Å². The van der Waals surface area contributed by atoms with E-state index in [1.54, 1.807) is 12.1 Å². The van der Waals surface area contributed by atoms with E-state index >= 15 is 0 Å². The van der Waals surface area contributed by atoms with E-state index in [0.717, 1.165) is 10.0 Å². The lowest BCUT2D eigenvalue weighted by Crippen LogP contribution is -2.24. The Hall–Kier alpha value is -1.59. The van der Waals surface area contributed by atoms with Gasteiger partial charge in [0.15, 0.2) is 5.76 Å². The molecule has 5 heteroatoms. The van der Waals surface area contributed by atoms with Crippen LogP contribution in [-0.2, 0) is 0 Å². The molecule has 0 aliphatic heterocycles. The Kier molecular flexibility index (Phi) is 4.76. The van der Waals surface area contributed by atoms with E-state index in [9.17, 15) is 4.79 Å². The predicted molar refractivity (Wildman–Crippen MR) is 75.9 cm³/mol. The summed E-state index contributed by atoms with van der Waals surface area (Å²) in [6.07, 6.45) is 0.534. The van der Waals surface area contributed by atoms with Gasteiger partial charge in [0.1, 0.15) is 5.76 Å². The van der Waals surface area contributed by atoms with E-state index in [1.807, 2.05) is 24.3 Å². The maximum atomic E-state index is 11.7. The van der Waals surface area contributed by atoms with Crippen LogP contribution in [0.25, 0.3) is 11.3 Å². The fourth-order valence-electron chi connectivity index (χ4n) is 1.60. The number of aliphatic hydroxyl groups is 1. The van der Waals surface area contributed by atoms with Gasteiger partial charge in [-0.1, -0.05) is 28.1 Å². The topological polar surface area (TPSA) is 62.5 Å². The third-order valence-electron chi connectivity index (χ3n) is 2.58. The summed E-state index contributed by atoms with van der Waals surface area (Å²) in [6.45, 7) is 0.492. The minimum Gasteiger partial charge on any atom is -0.451 e. The van der Waals surface area contributed by atoms with E-state index in [2.05, 4.69) is 21.2 Å². The monoisotopic (exact) mass is 323 g/mol. The van der Waals surface area contributed by atoms with Crippen molar-refractivity contribution in [1.82, 2.24) is 5.32 Å². The normalized spacial score (nSPS) is 10.4. The van der Waals surface area contributed by atoms with Crippen molar-refractivity contribution in [2.45, 2.75) is 6.42 Å². The van der Waals surface area contributed by atoms with E-state index in [0.29, 0.717) is 18.7 Å². The first-order valence-electron chi connectivity index (χ1n) is 5.95. The number of rotatable bonds is 5. The highest BCUT2D eigenvalue weighted by Crippen LogP contribution is 2.23. The fraction of sp³-hybridized carbons (Fsp3) is 0.214. The summed E-state index contributed by atoms with van der Waals surface area (Å²) in [6, 6.07) is 11.1. The van der Waals surface area contributed by atoms with Crippen molar-refractivity contribution in [1.29, 1.82) is 0 Å². The Morgan fingerprint density at radius 2 is 1.95 bits per heavy atom. The fourth-order valence-corrected chi connectivity index (χ4v) is 1.86. The molecule has 0 fully saturated rings. The summed E-state index contributed by atoms with van der Waals surface area (Å²) in [5, 5.41) is 11.3. The SMILES string of the molecule is O=C(NCCCO)c1ccc(-c2ccc(Br)cc2)o1. The Bertz CT molecular complexity index is 548. The molecular weight excluding hydrogens is 310 g/mol. The molecule has 1 amide bonds. The van der Waals surface area contributed by atoms with Gasteiger partial charge in [0.05, 0.1) is 0 Å². The Labute approximate surface area is 119 Å². The van der Waals surface area contributed by atoms with Crippen LogP contribution in [-0.4, -0.2) is 24.2 Å². The van der Waals surface area contributed by atoms with Crippen molar-refractivity contribution in [2.75, 3.05) is 13.2 Å². The molecule has 0 bridgehead atoms. The van der Waals surface area contributed by atoms with Crippen molar-refractivity contribution >= 4 is 21.8 Å². The van der Waals surface area contributed by atoms with Gasteiger partial charge in [-0.15, -0.1) is 0 Å². The molecular formula is C14H14BrNO3. The van der Waals surface area contributed by atoms with Crippen LogP contribution in [0, 0.1) is 0 Å². The van der Waals surface area contributed by atoms with Crippen molar-refractivity contribution < 1.29 is 14.3 Å². The second-order valence-corrected chi connectivity index (χ2v) is 4.92. The smallest absolute Gasteiger partial charge is 0.287 e. The third kappa shape index (κ3) is 3.68. The lowest BCUT2D eigenvalue weighted by molar-refractivity contribution is 0.0924. The minimum absolute atomic E-state index is 0.0581. The average Bonchev–Trinajstić information content (AvgIpc) is 2.89. The van der Waals surface area contributed by atoms with Gasteiger partial charge in [-0.05, 0) is 30.7 Å². The zero-order valence-electron chi connectivity index (χ0n) is 10.2. The molecule has 1 aromatic carbocycles. The van der Waals surface area contributed by atoms with Gasteiger partial charge in [0, 0.05) is 23.2 Å². The van der Waals surface area contributed by atoms with Crippen LogP contribution >= 0.6 is 15.9 Å². The highest BCUT2D eigenvalue weighted by molar-refractivity contribution is 9.10. The van der Waals surface area contributed by atoms with Gasteiger partial charge >= 0.3 is 0 Å². The molecule has 0 aliphatic rings. The maximum absolute atomic E-state index is 11.7. The van der Waals surface area contributed by atoms with Crippen LogP contribution < -0.4 is 5.32 Å². The number of aliphatic hydroxyl groups excluding tert-OH is 1. The molecule has 1 aromatic heterocycles. The molecule has 0 radical (unpaired) electrons. The zero-order chi connectivity index (χ0) is 13.7. The van der Waals surface area contributed by atoms with E-state index in [1.165, 1.54) is 0 Å². The van der Waals surface area contributed by atoms with E-state index in [4.69, 9.17) is 9.52 Å². The summed E-state index contributed by atoms with van der Waals surface area (Å²) >= 11 is 3.37. The van der Waals surface area contributed by atoms with Crippen LogP contribution in [0.5, 0.6) is 0 Å². The van der Waals surface area contributed by atoms with Gasteiger partial charge in [-0.25, -0.2) is 0 Å². The number of halogens is 1. The number of amides is 1. The Morgan fingerprint density at radius 1 is 1.21 bits per heavy atom. The molecule has 0 unspecified atom stereocenters. The number of carbonyl (C=O) groups excluding carboxylic acids is 1. The van der Waals surface area contributed by atoms with Crippen molar-refractivity contribution in [2.24, 2.45) is 0 Å². The van der Waals surface area contributed by atoms with Crippen LogP contribution in [0.1, 0.15) is 17.0 Å². The van der Waals surface area contributed by atoms with Crippen LogP contribution in [0.2, 0.25) is 0 Å². The first kappa shape index (κ1) is 13.8. The predicted octanol–water partition coefficient (Wildman–Crippen LogP) is 2.82. The molecule has 19 heavy (non-hydrogen) atoms. The average molecular weight is 324 g/mol. The van der Waals surface area contributed by atoms with Gasteiger partial charge in [-0.3, -0.25) is 4.79 Å². The summed E-state index contributed by atoms with van der Waals surface area (Å²) in [4.78, 5) is 11.7. The van der Waals surface area contributed by atoms with E-state index < -0.39 is 0 Å². The summed E-state index contributed by atoms with van der Waals surface area (Å²) in [5.74, 6) is 0.660. The van der Waals surface area contributed by atoms with Crippen LogP contribution in [0.15, 0.2) is 45.3 Å². The lowest BCUT2D eigenvalue weighted by Gasteiger charge is -2.01. The Morgan fingerprint density at radius 3 is 2.63 bits per heavy atom. The molecule has 100 valence electrons. The van der Waals surface area contributed by atoms with Crippen molar-refractivity contribution in [3.63, 3.8) is 0 Å². The molecule has 0 spiro atoms. The first-order valence-corrected chi connectivity index (χ1v) is 6.75. The molecule has 2 aromatic rings. The minimum atomic E-state index is -0.267.